The van der Waals surface area contributed by atoms with Gasteiger partial charge in [-0.15, -0.1) is 0 Å². The molecule has 3 rings (SSSR count). The Kier molecular flexibility index (Phi) is 4.95. The monoisotopic (exact) mass is 332 g/mol. The molecule has 2 aliphatic rings. The lowest BCUT2D eigenvalue weighted by molar-refractivity contribution is -0.0824. The van der Waals surface area contributed by atoms with Crippen molar-refractivity contribution in [2.75, 3.05) is 27.7 Å². The molecule has 0 radical (unpaired) electrons. The lowest BCUT2D eigenvalue weighted by Gasteiger charge is -2.42. The first-order valence-electron chi connectivity index (χ1n) is 8.73. The fourth-order valence-electron chi connectivity index (χ4n) is 4.28. The van der Waals surface area contributed by atoms with Gasteiger partial charge in [-0.05, 0) is 51.4 Å². The number of ether oxygens (including phenoxy) is 1. The van der Waals surface area contributed by atoms with Gasteiger partial charge in [0.25, 0.3) is 5.91 Å². The van der Waals surface area contributed by atoms with Gasteiger partial charge in [0.05, 0.1) is 17.7 Å². The fraction of sp³-hybridized carbons (Fsp3) is 0.632. The number of likely N-dealkylation sites (tertiary alicyclic amines) is 1. The number of aliphatic hydroxyl groups is 1. The van der Waals surface area contributed by atoms with Crippen molar-refractivity contribution in [1.82, 2.24) is 9.80 Å². The number of carbonyl (C=O) groups is 1. The Bertz CT molecular complexity index is 604. The second kappa shape index (κ2) is 6.82. The standard InChI is InChI=1S/C19H28N2O3/c1-20(2)13-14-6-4-5-7-16(14)18(23)21-11-10-19(24-3)9-8-15(22)12-17(19)21/h4-7,15,17,22H,8-13H2,1-3H3/t15-,17-,19+/m0/s1. The van der Waals surface area contributed by atoms with Crippen LogP contribution in [-0.4, -0.2) is 66.3 Å². The van der Waals surface area contributed by atoms with E-state index in [-0.39, 0.29) is 23.7 Å². The highest BCUT2D eigenvalue weighted by Gasteiger charge is 2.52. The van der Waals surface area contributed by atoms with Crippen LogP contribution in [0.3, 0.4) is 0 Å². The van der Waals surface area contributed by atoms with E-state index in [9.17, 15) is 9.90 Å². The number of aliphatic hydroxyl groups excluding tert-OH is 1. The maximum absolute atomic E-state index is 13.2. The molecule has 5 heteroatoms. The maximum Gasteiger partial charge on any atom is 0.254 e. The Morgan fingerprint density at radius 3 is 2.83 bits per heavy atom. The molecule has 5 nitrogen and oxygen atoms in total. The van der Waals surface area contributed by atoms with E-state index in [1.807, 2.05) is 43.3 Å². The molecule has 1 N–H and O–H groups in total. The van der Waals surface area contributed by atoms with Gasteiger partial charge in [0.2, 0.25) is 0 Å². The summed E-state index contributed by atoms with van der Waals surface area (Å²) in [7, 11) is 5.74. The number of amides is 1. The second-order valence-electron chi connectivity index (χ2n) is 7.36. The second-order valence-corrected chi connectivity index (χ2v) is 7.36. The normalized spacial score (nSPS) is 29.8. The minimum Gasteiger partial charge on any atom is -0.393 e. The van der Waals surface area contributed by atoms with Gasteiger partial charge in [-0.2, -0.15) is 0 Å². The molecule has 1 aromatic rings. The first-order chi connectivity index (χ1) is 11.5. The number of methoxy groups -OCH3 is 1. The number of carbonyl (C=O) groups excluding carboxylic acids is 1. The third-order valence-electron chi connectivity index (χ3n) is 5.56. The molecular weight excluding hydrogens is 304 g/mol. The molecular formula is C19H28N2O3. The first-order valence-corrected chi connectivity index (χ1v) is 8.73. The predicted molar refractivity (Wildman–Crippen MR) is 92.9 cm³/mol. The van der Waals surface area contributed by atoms with E-state index in [0.29, 0.717) is 13.0 Å². The molecule has 0 aromatic heterocycles. The summed E-state index contributed by atoms with van der Waals surface area (Å²) in [6, 6.07) is 7.78. The van der Waals surface area contributed by atoms with E-state index in [4.69, 9.17) is 4.74 Å². The molecule has 1 aliphatic carbocycles. The Labute approximate surface area is 144 Å². The Hall–Kier alpha value is -1.43. The third kappa shape index (κ3) is 3.08. The molecule has 1 amide bonds. The average molecular weight is 332 g/mol. The van der Waals surface area contributed by atoms with E-state index >= 15 is 0 Å². The smallest absolute Gasteiger partial charge is 0.254 e. The van der Waals surface area contributed by atoms with Crippen molar-refractivity contribution in [3.63, 3.8) is 0 Å². The van der Waals surface area contributed by atoms with Gasteiger partial charge in [0.15, 0.2) is 0 Å². The quantitative estimate of drug-likeness (QED) is 0.915. The molecule has 1 aliphatic heterocycles. The number of fused-ring (bicyclic) bond motifs is 1. The number of nitrogens with zero attached hydrogens (tertiary/aromatic N) is 2. The largest absolute Gasteiger partial charge is 0.393 e. The van der Waals surface area contributed by atoms with Crippen molar-refractivity contribution in [3.8, 4) is 0 Å². The molecule has 0 spiro atoms. The van der Waals surface area contributed by atoms with Crippen LogP contribution in [0.15, 0.2) is 24.3 Å². The van der Waals surface area contributed by atoms with Crippen molar-refractivity contribution in [2.45, 2.75) is 50.0 Å². The molecule has 1 heterocycles. The van der Waals surface area contributed by atoms with Gasteiger partial charge in [-0.3, -0.25) is 4.79 Å². The van der Waals surface area contributed by atoms with Crippen LogP contribution in [0.25, 0.3) is 0 Å². The van der Waals surface area contributed by atoms with Crippen molar-refractivity contribution >= 4 is 5.91 Å². The van der Waals surface area contributed by atoms with Crippen molar-refractivity contribution in [1.29, 1.82) is 0 Å². The van der Waals surface area contributed by atoms with Crippen molar-refractivity contribution < 1.29 is 14.6 Å². The Morgan fingerprint density at radius 1 is 1.38 bits per heavy atom. The molecule has 0 unspecified atom stereocenters. The van der Waals surface area contributed by atoms with Gasteiger partial charge in [0, 0.05) is 25.8 Å². The summed E-state index contributed by atoms with van der Waals surface area (Å²) in [6.07, 6.45) is 2.68. The number of hydrogen-bond acceptors (Lipinski definition) is 4. The zero-order valence-electron chi connectivity index (χ0n) is 14.9. The van der Waals surface area contributed by atoms with Crippen LogP contribution in [-0.2, 0) is 11.3 Å². The van der Waals surface area contributed by atoms with Crippen molar-refractivity contribution in [2.24, 2.45) is 0 Å². The van der Waals surface area contributed by atoms with Crippen LogP contribution < -0.4 is 0 Å². The van der Waals surface area contributed by atoms with E-state index < -0.39 is 0 Å². The van der Waals surface area contributed by atoms with E-state index in [1.165, 1.54) is 0 Å². The molecule has 24 heavy (non-hydrogen) atoms. The first kappa shape index (κ1) is 17.4. The lowest BCUT2D eigenvalue weighted by atomic mass is 9.79. The van der Waals surface area contributed by atoms with Crippen molar-refractivity contribution in [3.05, 3.63) is 35.4 Å². The summed E-state index contributed by atoms with van der Waals surface area (Å²) in [6.45, 7) is 1.43. The molecule has 1 saturated carbocycles. The zero-order valence-corrected chi connectivity index (χ0v) is 14.9. The van der Waals surface area contributed by atoms with E-state index in [1.54, 1.807) is 7.11 Å². The minimum atomic E-state index is -0.344. The third-order valence-corrected chi connectivity index (χ3v) is 5.56. The number of benzene rings is 1. The number of rotatable bonds is 4. The van der Waals surface area contributed by atoms with Crippen LogP contribution >= 0.6 is 0 Å². The summed E-state index contributed by atoms with van der Waals surface area (Å²) < 4.78 is 5.85. The Balaban J connectivity index is 1.88. The Morgan fingerprint density at radius 2 is 2.12 bits per heavy atom. The maximum atomic E-state index is 13.2. The SMILES string of the molecule is CO[C@@]12CC[C@H](O)C[C@@H]1N(C(=O)c1ccccc1CN(C)C)CC2. The van der Waals surface area contributed by atoms with Gasteiger partial charge in [-0.25, -0.2) is 0 Å². The highest BCUT2D eigenvalue weighted by molar-refractivity contribution is 5.96. The molecule has 132 valence electrons. The average Bonchev–Trinajstić information content (AvgIpc) is 2.93. The highest BCUT2D eigenvalue weighted by Crippen LogP contribution is 2.43. The summed E-state index contributed by atoms with van der Waals surface area (Å²) in [5.74, 6) is 0.0606. The predicted octanol–water partition coefficient (Wildman–Crippen LogP) is 1.89. The summed E-state index contributed by atoms with van der Waals surface area (Å²) in [5, 5.41) is 10.1. The molecule has 1 saturated heterocycles. The zero-order chi connectivity index (χ0) is 17.3. The van der Waals surface area contributed by atoms with E-state index in [0.717, 1.165) is 36.9 Å². The van der Waals surface area contributed by atoms with Gasteiger partial charge >= 0.3 is 0 Å². The summed E-state index contributed by atoms with van der Waals surface area (Å²) in [4.78, 5) is 17.2. The summed E-state index contributed by atoms with van der Waals surface area (Å²) in [5.41, 5.74) is 1.52. The highest BCUT2D eigenvalue weighted by atomic mass is 16.5. The van der Waals surface area contributed by atoms with Gasteiger partial charge in [0.1, 0.15) is 0 Å². The molecule has 0 bridgehead atoms. The van der Waals surface area contributed by atoms with Crippen LogP contribution in [0, 0.1) is 0 Å². The molecule has 2 fully saturated rings. The number of hydrogen-bond donors (Lipinski definition) is 1. The molecule has 1 aromatic carbocycles. The fourth-order valence-corrected chi connectivity index (χ4v) is 4.28. The van der Waals surface area contributed by atoms with Crippen LogP contribution in [0.2, 0.25) is 0 Å². The lowest BCUT2D eigenvalue weighted by Crippen LogP contribution is -2.52. The van der Waals surface area contributed by atoms with E-state index in [2.05, 4.69) is 4.90 Å². The van der Waals surface area contributed by atoms with Gasteiger partial charge < -0.3 is 19.6 Å². The van der Waals surface area contributed by atoms with Crippen LogP contribution in [0.5, 0.6) is 0 Å². The van der Waals surface area contributed by atoms with Gasteiger partial charge in [-0.1, -0.05) is 18.2 Å². The minimum absolute atomic E-state index is 0.0360. The van der Waals surface area contributed by atoms with Crippen LogP contribution in [0.1, 0.15) is 41.6 Å². The van der Waals surface area contributed by atoms with Crippen LogP contribution in [0.4, 0.5) is 0 Å². The molecule has 3 atom stereocenters. The summed E-state index contributed by atoms with van der Waals surface area (Å²) >= 11 is 0. The topological polar surface area (TPSA) is 53.0 Å².